The summed E-state index contributed by atoms with van der Waals surface area (Å²) >= 11 is 0. The highest BCUT2D eigenvalue weighted by Gasteiger charge is 2.04. The van der Waals surface area contributed by atoms with E-state index in [1.807, 2.05) is 0 Å². The Kier molecular flexibility index (Phi) is 6.38. The molecular formula is C13H19N3O3. The molecule has 1 aromatic carbocycles. The van der Waals surface area contributed by atoms with Gasteiger partial charge >= 0.3 is 0 Å². The molecule has 0 radical (unpaired) electrons. The van der Waals surface area contributed by atoms with E-state index in [1.165, 1.54) is 0 Å². The lowest BCUT2D eigenvalue weighted by Gasteiger charge is -2.05. The topological polar surface area (TPSA) is 96.9 Å². The van der Waals surface area contributed by atoms with Crippen LogP contribution < -0.4 is 11.1 Å². The van der Waals surface area contributed by atoms with Gasteiger partial charge in [0.25, 0.3) is 0 Å². The van der Waals surface area contributed by atoms with Crippen molar-refractivity contribution in [3.63, 3.8) is 0 Å². The van der Waals surface area contributed by atoms with Crippen LogP contribution in [0, 0.1) is 0 Å². The molecule has 104 valence electrons. The quantitative estimate of drug-likeness (QED) is 0.219. The first-order chi connectivity index (χ1) is 9.17. The highest BCUT2D eigenvalue weighted by Crippen LogP contribution is 2.05. The van der Waals surface area contributed by atoms with E-state index in [-0.39, 0.29) is 11.7 Å². The number of methoxy groups -OCH3 is 1. The summed E-state index contributed by atoms with van der Waals surface area (Å²) in [6.45, 7) is 1.24. The van der Waals surface area contributed by atoms with Gasteiger partial charge in [-0.15, -0.1) is 0 Å². The summed E-state index contributed by atoms with van der Waals surface area (Å²) in [5.74, 6) is 0.0169. The standard InChI is InChI=1S/C13H19N3O3/c1-19-8-2-7-15-12(17)9-10-3-5-11(6-4-10)13(14)16-18/h3-6,18H,2,7-9H2,1H3,(H2,14,16)(H,15,17). The Bertz CT molecular complexity index is 429. The van der Waals surface area contributed by atoms with E-state index in [2.05, 4.69) is 10.5 Å². The Balaban J connectivity index is 2.42. The number of hydrogen-bond donors (Lipinski definition) is 3. The Morgan fingerprint density at radius 1 is 1.42 bits per heavy atom. The van der Waals surface area contributed by atoms with Gasteiger partial charge in [0, 0.05) is 25.8 Å². The van der Waals surface area contributed by atoms with E-state index < -0.39 is 0 Å². The largest absolute Gasteiger partial charge is 0.409 e. The zero-order valence-corrected chi connectivity index (χ0v) is 10.9. The lowest BCUT2D eigenvalue weighted by atomic mass is 10.1. The molecule has 1 rings (SSSR count). The SMILES string of the molecule is COCCCNC(=O)Cc1ccc(C(N)=NO)cc1. The van der Waals surface area contributed by atoms with Gasteiger partial charge in [-0.3, -0.25) is 4.79 Å². The molecule has 0 aliphatic carbocycles. The van der Waals surface area contributed by atoms with Gasteiger partial charge in [0.05, 0.1) is 6.42 Å². The number of nitrogens with zero attached hydrogens (tertiary/aromatic N) is 1. The number of nitrogens with two attached hydrogens (primary N) is 1. The van der Waals surface area contributed by atoms with Crippen molar-refractivity contribution in [1.82, 2.24) is 5.32 Å². The molecule has 6 heteroatoms. The van der Waals surface area contributed by atoms with Gasteiger partial charge in [0.1, 0.15) is 0 Å². The van der Waals surface area contributed by atoms with Crippen LogP contribution in [0.5, 0.6) is 0 Å². The summed E-state index contributed by atoms with van der Waals surface area (Å²) in [5.41, 5.74) is 6.94. The molecule has 0 bridgehead atoms. The monoisotopic (exact) mass is 265 g/mol. The molecule has 19 heavy (non-hydrogen) atoms. The Labute approximate surface area is 112 Å². The van der Waals surface area contributed by atoms with Crippen molar-refractivity contribution in [3.8, 4) is 0 Å². The molecule has 0 spiro atoms. The molecule has 0 aromatic heterocycles. The summed E-state index contributed by atoms with van der Waals surface area (Å²) in [5, 5.41) is 14.3. The predicted molar refractivity (Wildman–Crippen MR) is 72.2 cm³/mol. The minimum Gasteiger partial charge on any atom is -0.409 e. The molecule has 1 aromatic rings. The van der Waals surface area contributed by atoms with E-state index in [0.717, 1.165) is 12.0 Å². The average molecular weight is 265 g/mol. The van der Waals surface area contributed by atoms with Crippen molar-refractivity contribution >= 4 is 11.7 Å². The average Bonchev–Trinajstić information content (AvgIpc) is 2.43. The normalized spacial score (nSPS) is 11.3. The summed E-state index contributed by atoms with van der Waals surface area (Å²) < 4.78 is 4.89. The van der Waals surface area contributed by atoms with Crippen molar-refractivity contribution in [3.05, 3.63) is 35.4 Å². The fourth-order valence-corrected chi connectivity index (χ4v) is 1.54. The minimum atomic E-state index is -0.0346. The van der Waals surface area contributed by atoms with Gasteiger partial charge in [-0.2, -0.15) is 0 Å². The van der Waals surface area contributed by atoms with Gasteiger partial charge in [-0.1, -0.05) is 29.4 Å². The molecule has 0 saturated carbocycles. The van der Waals surface area contributed by atoms with Crippen LogP contribution in [0.2, 0.25) is 0 Å². The molecule has 4 N–H and O–H groups in total. The van der Waals surface area contributed by atoms with Crippen molar-refractivity contribution < 1.29 is 14.7 Å². The number of benzene rings is 1. The summed E-state index contributed by atoms with van der Waals surface area (Å²) in [7, 11) is 1.63. The van der Waals surface area contributed by atoms with E-state index in [1.54, 1.807) is 31.4 Å². The molecule has 0 aliphatic heterocycles. The third-order valence-electron chi connectivity index (χ3n) is 2.57. The summed E-state index contributed by atoms with van der Waals surface area (Å²) in [6.07, 6.45) is 1.11. The first kappa shape index (κ1) is 15.0. The molecule has 0 atom stereocenters. The Hall–Kier alpha value is -2.08. The van der Waals surface area contributed by atoms with E-state index in [9.17, 15) is 4.79 Å². The molecule has 0 unspecified atom stereocenters. The number of carbonyl (C=O) groups is 1. The number of oxime groups is 1. The minimum absolute atomic E-state index is 0.0346. The van der Waals surface area contributed by atoms with E-state index >= 15 is 0 Å². The number of ether oxygens (including phenoxy) is 1. The highest BCUT2D eigenvalue weighted by atomic mass is 16.5. The molecule has 6 nitrogen and oxygen atoms in total. The van der Waals surface area contributed by atoms with Gasteiger partial charge < -0.3 is 21.0 Å². The van der Waals surface area contributed by atoms with E-state index in [4.69, 9.17) is 15.7 Å². The van der Waals surface area contributed by atoms with Gasteiger partial charge in [-0.05, 0) is 12.0 Å². The van der Waals surface area contributed by atoms with E-state index in [0.29, 0.717) is 25.1 Å². The van der Waals surface area contributed by atoms with Crippen LogP contribution in [0.1, 0.15) is 17.5 Å². The summed E-state index contributed by atoms with van der Waals surface area (Å²) in [6, 6.07) is 6.98. The second-order valence-corrected chi connectivity index (χ2v) is 4.06. The fourth-order valence-electron chi connectivity index (χ4n) is 1.54. The van der Waals surface area contributed by atoms with Crippen LogP contribution in [-0.2, 0) is 16.0 Å². The molecular weight excluding hydrogens is 246 g/mol. The number of hydrogen-bond acceptors (Lipinski definition) is 4. The van der Waals surface area contributed by atoms with Gasteiger partial charge in [0.2, 0.25) is 5.91 Å². The third-order valence-corrected chi connectivity index (χ3v) is 2.57. The van der Waals surface area contributed by atoms with Gasteiger partial charge in [0.15, 0.2) is 5.84 Å². The maximum absolute atomic E-state index is 11.6. The number of nitrogens with one attached hydrogen (secondary N) is 1. The first-order valence-electron chi connectivity index (χ1n) is 6.00. The second kappa shape index (κ2) is 8.10. The summed E-state index contributed by atoms with van der Waals surface area (Å²) in [4.78, 5) is 11.6. The molecule has 1 amide bonds. The smallest absolute Gasteiger partial charge is 0.224 e. The van der Waals surface area contributed by atoms with Crippen LogP contribution in [0.25, 0.3) is 0 Å². The van der Waals surface area contributed by atoms with Crippen LogP contribution in [0.3, 0.4) is 0 Å². The maximum atomic E-state index is 11.6. The van der Waals surface area contributed by atoms with Gasteiger partial charge in [-0.25, -0.2) is 0 Å². The second-order valence-electron chi connectivity index (χ2n) is 4.06. The van der Waals surface area contributed by atoms with Crippen molar-refractivity contribution in [2.45, 2.75) is 12.8 Å². The van der Waals surface area contributed by atoms with Crippen LogP contribution in [0.15, 0.2) is 29.4 Å². The number of amidine groups is 1. The molecule has 0 saturated heterocycles. The molecule has 0 fully saturated rings. The van der Waals surface area contributed by atoms with Crippen LogP contribution in [0.4, 0.5) is 0 Å². The maximum Gasteiger partial charge on any atom is 0.224 e. The van der Waals surface area contributed by atoms with Crippen LogP contribution >= 0.6 is 0 Å². The zero-order chi connectivity index (χ0) is 14.1. The van der Waals surface area contributed by atoms with Crippen molar-refractivity contribution in [1.29, 1.82) is 0 Å². The Morgan fingerprint density at radius 3 is 2.68 bits per heavy atom. The zero-order valence-electron chi connectivity index (χ0n) is 10.9. The first-order valence-corrected chi connectivity index (χ1v) is 6.00. The number of carbonyl (C=O) groups excluding carboxylic acids is 1. The van der Waals surface area contributed by atoms with Crippen molar-refractivity contribution in [2.75, 3.05) is 20.3 Å². The van der Waals surface area contributed by atoms with Crippen molar-refractivity contribution in [2.24, 2.45) is 10.9 Å². The Morgan fingerprint density at radius 2 is 2.11 bits per heavy atom. The van der Waals surface area contributed by atoms with Crippen LogP contribution in [-0.4, -0.2) is 37.2 Å². The predicted octanol–water partition coefficient (Wildman–Crippen LogP) is 0.476. The number of amides is 1. The third kappa shape index (κ3) is 5.39. The lowest BCUT2D eigenvalue weighted by molar-refractivity contribution is -0.120. The highest BCUT2D eigenvalue weighted by molar-refractivity contribution is 5.97. The molecule has 0 heterocycles. The fraction of sp³-hybridized carbons (Fsp3) is 0.385. The number of rotatable bonds is 7. The lowest BCUT2D eigenvalue weighted by Crippen LogP contribution is -2.26. The molecule has 0 aliphatic rings.